The summed E-state index contributed by atoms with van der Waals surface area (Å²) in [5, 5.41) is 10.1. The molecule has 15 heavy (non-hydrogen) atoms. The van der Waals surface area contributed by atoms with Crippen LogP contribution in [0.5, 0.6) is 0 Å². The molecule has 3 heteroatoms. The van der Waals surface area contributed by atoms with Gasteiger partial charge >= 0.3 is 0 Å². The number of rotatable bonds is 2. The Balaban J connectivity index is 2.32. The molecule has 2 nitrogen and oxygen atoms in total. The molecule has 2 aromatic rings. The van der Waals surface area contributed by atoms with Gasteiger partial charge in [-0.05, 0) is 30.7 Å². The highest BCUT2D eigenvalue weighted by Crippen LogP contribution is 2.26. The average molecular weight is 267 g/mol. The number of halogens is 1. The average Bonchev–Trinajstić information content (AvgIpc) is 2.65. The van der Waals surface area contributed by atoms with Crippen LogP contribution < -0.4 is 0 Å². The quantitative estimate of drug-likeness (QED) is 0.904. The first-order valence-corrected chi connectivity index (χ1v) is 5.45. The maximum absolute atomic E-state index is 10.1. The summed E-state index contributed by atoms with van der Waals surface area (Å²) in [6, 6.07) is 9.40. The minimum atomic E-state index is -0.614. The lowest BCUT2D eigenvalue weighted by atomic mass is 10.0. The molecule has 0 saturated heterocycles. The molecular weight excluding hydrogens is 256 g/mol. The zero-order valence-electron chi connectivity index (χ0n) is 8.27. The third-order valence-corrected chi connectivity index (χ3v) is 2.91. The molecular formula is C12H11BrO2. The van der Waals surface area contributed by atoms with E-state index in [2.05, 4.69) is 15.9 Å². The van der Waals surface area contributed by atoms with Crippen molar-refractivity contribution in [2.24, 2.45) is 0 Å². The second-order valence-electron chi connectivity index (χ2n) is 3.39. The van der Waals surface area contributed by atoms with E-state index in [1.165, 1.54) is 0 Å². The lowest BCUT2D eigenvalue weighted by molar-refractivity contribution is 0.218. The summed E-state index contributed by atoms with van der Waals surface area (Å²) < 4.78 is 6.16. The van der Waals surface area contributed by atoms with Crippen LogP contribution in [0.4, 0.5) is 0 Å². The Kier molecular flexibility index (Phi) is 2.93. The van der Waals surface area contributed by atoms with Crippen LogP contribution in [-0.4, -0.2) is 5.11 Å². The number of aryl methyl sites for hydroxylation is 1. The number of benzene rings is 1. The zero-order valence-corrected chi connectivity index (χ0v) is 9.86. The molecule has 2 rings (SSSR count). The van der Waals surface area contributed by atoms with Crippen molar-refractivity contribution >= 4 is 15.9 Å². The summed E-state index contributed by atoms with van der Waals surface area (Å²) in [4.78, 5) is 0. The van der Waals surface area contributed by atoms with Crippen molar-refractivity contribution in [3.8, 4) is 0 Å². The fraction of sp³-hybridized carbons (Fsp3) is 0.167. The van der Waals surface area contributed by atoms with Crippen molar-refractivity contribution in [1.29, 1.82) is 0 Å². The fourth-order valence-corrected chi connectivity index (χ4v) is 1.77. The third-order valence-electron chi connectivity index (χ3n) is 2.38. The minimum absolute atomic E-state index is 0.614. The van der Waals surface area contributed by atoms with E-state index in [1.54, 1.807) is 12.3 Å². The van der Waals surface area contributed by atoms with E-state index in [9.17, 15) is 5.11 Å². The molecule has 1 atom stereocenters. The Morgan fingerprint density at radius 3 is 2.40 bits per heavy atom. The number of hydrogen-bond donors (Lipinski definition) is 1. The third kappa shape index (κ3) is 2.13. The van der Waals surface area contributed by atoms with Crippen LogP contribution >= 0.6 is 15.9 Å². The van der Waals surface area contributed by atoms with Crippen LogP contribution in [-0.2, 0) is 0 Å². The summed E-state index contributed by atoms with van der Waals surface area (Å²) in [6.45, 7) is 1.84. The van der Waals surface area contributed by atoms with Gasteiger partial charge in [-0.1, -0.05) is 28.1 Å². The lowest BCUT2D eigenvalue weighted by Gasteiger charge is -2.09. The van der Waals surface area contributed by atoms with Gasteiger partial charge in [0.15, 0.2) is 0 Å². The molecule has 0 saturated carbocycles. The summed E-state index contributed by atoms with van der Waals surface area (Å²) in [7, 11) is 0. The lowest BCUT2D eigenvalue weighted by Crippen LogP contribution is -1.99. The van der Waals surface area contributed by atoms with Crippen LogP contribution in [0, 0.1) is 6.92 Å². The minimum Gasteiger partial charge on any atom is -0.469 e. The molecule has 0 bridgehead atoms. The number of hydrogen-bond acceptors (Lipinski definition) is 2. The van der Waals surface area contributed by atoms with Gasteiger partial charge in [0.2, 0.25) is 0 Å². The smallest absolute Gasteiger partial charge is 0.107 e. The molecule has 1 aromatic carbocycles. The molecule has 0 fully saturated rings. The summed E-state index contributed by atoms with van der Waals surface area (Å²) >= 11 is 3.36. The van der Waals surface area contributed by atoms with Gasteiger partial charge in [-0.2, -0.15) is 0 Å². The van der Waals surface area contributed by atoms with Gasteiger partial charge in [-0.3, -0.25) is 0 Å². The van der Waals surface area contributed by atoms with Gasteiger partial charge < -0.3 is 9.52 Å². The summed E-state index contributed by atoms with van der Waals surface area (Å²) in [6.07, 6.45) is 0.976. The Morgan fingerprint density at radius 2 is 1.87 bits per heavy atom. The van der Waals surface area contributed by atoms with Crippen molar-refractivity contribution in [3.63, 3.8) is 0 Å². The van der Waals surface area contributed by atoms with Crippen molar-refractivity contribution in [3.05, 3.63) is 58.0 Å². The molecule has 0 amide bonds. The highest BCUT2D eigenvalue weighted by molar-refractivity contribution is 9.10. The standard InChI is InChI=1S/C12H11BrO2/c1-8-11(6-7-15-8)12(14)9-2-4-10(13)5-3-9/h2-7,12,14H,1H3. The monoisotopic (exact) mass is 266 g/mol. The van der Waals surface area contributed by atoms with Crippen LogP contribution in [0.2, 0.25) is 0 Å². The van der Waals surface area contributed by atoms with Gasteiger partial charge in [-0.25, -0.2) is 0 Å². The summed E-state index contributed by atoms with van der Waals surface area (Å²) in [5.74, 6) is 0.755. The Bertz CT molecular complexity index is 445. The SMILES string of the molecule is Cc1occc1C(O)c1ccc(Br)cc1. The molecule has 0 aliphatic rings. The largest absolute Gasteiger partial charge is 0.469 e. The van der Waals surface area contributed by atoms with E-state index < -0.39 is 6.10 Å². The zero-order chi connectivity index (χ0) is 10.8. The van der Waals surface area contributed by atoms with E-state index in [-0.39, 0.29) is 0 Å². The molecule has 1 aromatic heterocycles. The second-order valence-corrected chi connectivity index (χ2v) is 4.30. The highest BCUT2D eigenvalue weighted by Gasteiger charge is 2.14. The van der Waals surface area contributed by atoms with E-state index in [0.29, 0.717) is 0 Å². The predicted molar refractivity (Wildman–Crippen MR) is 61.6 cm³/mol. The molecule has 78 valence electrons. The van der Waals surface area contributed by atoms with Crippen molar-refractivity contribution in [1.82, 2.24) is 0 Å². The maximum Gasteiger partial charge on any atom is 0.107 e. The second kappa shape index (κ2) is 4.21. The topological polar surface area (TPSA) is 33.4 Å². The Hall–Kier alpha value is -1.06. The molecule has 1 heterocycles. The predicted octanol–water partition coefficient (Wildman–Crippen LogP) is 3.43. The van der Waals surface area contributed by atoms with E-state index >= 15 is 0 Å². The Morgan fingerprint density at radius 1 is 1.20 bits per heavy atom. The first-order chi connectivity index (χ1) is 7.18. The number of aliphatic hydroxyl groups is 1. The molecule has 1 unspecified atom stereocenters. The molecule has 1 N–H and O–H groups in total. The van der Waals surface area contributed by atoms with Crippen LogP contribution in [0.1, 0.15) is 23.0 Å². The fourth-order valence-electron chi connectivity index (χ4n) is 1.50. The van der Waals surface area contributed by atoms with Gasteiger partial charge in [0, 0.05) is 10.0 Å². The molecule has 0 aliphatic heterocycles. The molecule has 0 radical (unpaired) electrons. The van der Waals surface area contributed by atoms with Crippen molar-refractivity contribution < 1.29 is 9.52 Å². The van der Waals surface area contributed by atoms with Crippen molar-refractivity contribution in [2.75, 3.05) is 0 Å². The van der Waals surface area contributed by atoms with Gasteiger partial charge in [-0.15, -0.1) is 0 Å². The van der Waals surface area contributed by atoms with Gasteiger partial charge in [0.1, 0.15) is 11.9 Å². The first-order valence-electron chi connectivity index (χ1n) is 4.66. The summed E-state index contributed by atoms with van der Waals surface area (Å²) in [5.41, 5.74) is 1.68. The Labute approximate surface area is 96.7 Å². The van der Waals surface area contributed by atoms with Crippen LogP contribution in [0.25, 0.3) is 0 Å². The number of aliphatic hydroxyl groups excluding tert-OH is 1. The van der Waals surface area contributed by atoms with Gasteiger partial charge in [0.25, 0.3) is 0 Å². The maximum atomic E-state index is 10.1. The van der Waals surface area contributed by atoms with Crippen molar-refractivity contribution in [2.45, 2.75) is 13.0 Å². The molecule has 0 spiro atoms. The van der Waals surface area contributed by atoms with Crippen LogP contribution in [0.3, 0.4) is 0 Å². The van der Waals surface area contributed by atoms with E-state index in [1.807, 2.05) is 31.2 Å². The van der Waals surface area contributed by atoms with Gasteiger partial charge in [0.05, 0.1) is 6.26 Å². The normalized spacial score (nSPS) is 12.7. The highest BCUT2D eigenvalue weighted by atomic mass is 79.9. The molecule has 0 aliphatic carbocycles. The van der Waals surface area contributed by atoms with Crippen LogP contribution in [0.15, 0.2) is 45.5 Å². The number of furan rings is 1. The van der Waals surface area contributed by atoms with E-state index in [4.69, 9.17) is 4.42 Å². The van der Waals surface area contributed by atoms with E-state index in [0.717, 1.165) is 21.4 Å². The first kappa shape index (κ1) is 10.5.